The fourth-order valence-corrected chi connectivity index (χ4v) is 3.58. The minimum atomic E-state index is -0.483. The van der Waals surface area contributed by atoms with E-state index in [2.05, 4.69) is 15.6 Å². The minimum Gasteiger partial charge on any atom is -0.465 e. The van der Waals surface area contributed by atoms with Gasteiger partial charge < -0.3 is 24.8 Å². The topological polar surface area (TPSA) is 112 Å². The van der Waals surface area contributed by atoms with Crippen molar-refractivity contribution >= 4 is 39.6 Å². The highest BCUT2D eigenvalue weighted by molar-refractivity contribution is 6.10. The normalized spacial score (nSPS) is 11.4. The lowest BCUT2D eigenvalue weighted by Gasteiger charge is -2.19. The summed E-state index contributed by atoms with van der Waals surface area (Å²) < 4.78 is 15.8. The zero-order chi connectivity index (χ0) is 25.3. The predicted molar refractivity (Wildman–Crippen MR) is 136 cm³/mol. The van der Waals surface area contributed by atoms with Gasteiger partial charge in [-0.2, -0.15) is 0 Å². The highest BCUT2D eigenvalue weighted by atomic mass is 16.6. The summed E-state index contributed by atoms with van der Waals surface area (Å²) in [6.07, 6.45) is 5.89. The van der Waals surface area contributed by atoms with Crippen molar-refractivity contribution in [2.45, 2.75) is 45.6 Å². The molecule has 0 aliphatic heterocycles. The van der Waals surface area contributed by atoms with Crippen molar-refractivity contribution in [1.82, 2.24) is 15.3 Å². The van der Waals surface area contributed by atoms with Crippen molar-refractivity contribution in [3.63, 3.8) is 0 Å². The van der Waals surface area contributed by atoms with Crippen LogP contribution < -0.4 is 10.6 Å². The van der Waals surface area contributed by atoms with Gasteiger partial charge in [0, 0.05) is 48.2 Å². The van der Waals surface area contributed by atoms with Gasteiger partial charge in [0.05, 0.1) is 24.8 Å². The Morgan fingerprint density at radius 3 is 2.57 bits per heavy atom. The third kappa shape index (κ3) is 7.78. The van der Waals surface area contributed by atoms with Crippen LogP contribution in [0.5, 0.6) is 0 Å². The van der Waals surface area contributed by atoms with Crippen LogP contribution in [0.1, 0.15) is 50.4 Å². The quantitative estimate of drug-likeness (QED) is 0.230. The smallest absolute Gasteiger partial charge is 0.407 e. The van der Waals surface area contributed by atoms with Crippen LogP contribution in [-0.4, -0.2) is 61.0 Å². The second kappa shape index (κ2) is 12.3. The van der Waals surface area contributed by atoms with E-state index < -0.39 is 11.6 Å². The van der Waals surface area contributed by atoms with Gasteiger partial charge in [-0.3, -0.25) is 4.98 Å². The molecule has 0 aliphatic carbocycles. The first-order valence-corrected chi connectivity index (χ1v) is 11.8. The number of carbonyl (C=O) groups excluding carboxylic acids is 2. The van der Waals surface area contributed by atoms with Crippen molar-refractivity contribution in [2.75, 3.05) is 38.7 Å². The molecule has 0 saturated carbocycles. The standard InChI is InChI=1S/C26H34N4O5/c1-26(2,3)35-25(32)29-11-6-5-7-14-34-15-13-28-23-20-10-12-27-17-21(20)19-9-8-18(24(31)33-4)16-22(19)30-23/h8-10,12,16-17H,5-7,11,13-15H2,1-4H3,(H,28,30)(H,29,32). The van der Waals surface area contributed by atoms with E-state index in [1.807, 2.05) is 32.9 Å². The molecular weight excluding hydrogens is 448 g/mol. The molecule has 188 valence electrons. The van der Waals surface area contributed by atoms with E-state index in [-0.39, 0.29) is 6.09 Å². The van der Waals surface area contributed by atoms with E-state index >= 15 is 0 Å². The molecule has 0 radical (unpaired) electrons. The third-order valence-electron chi connectivity index (χ3n) is 5.19. The van der Waals surface area contributed by atoms with Crippen LogP contribution in [-0.2, 0) is 14.2 Å². The molecule has 35 heavy (non-hydrogen) atoms. The number of anilines is 1. The third-order valence-corrected chi connectivity index (χ3v) is 5.19. The molecule has 3 rings (SSSR count). The largest absolute Gasteiger partial charge is 0.465 e. The Hall–Kier alpha value is -3.46. The molecule has 0 aliphatic rings. The average Bonchev–Trinajstić information content (AvgIpc) is 2.83. The number of amides is 1. The molecule has 1 amide bonds. The van der Waals surface area contributed by atoms with Crippen LogP contribution in [0.2, 0.25) is 0 Å². The van der Waals surface area contributed by atoms with Crippen molar-refractivity contribution in [3.05, 3.63) is 42.2 Å². The van der Waals surface area contributed by atoms with Gasteiger partial charge in [-0.1, -0.05) is 6.07 Å². The number of benzene rings is 1. The van der Waals surface area contributed by atoms with E-state index in [1.165, 1.54) is 7.11 Å². The summed E-state index contributed by atoms with van der Waals surface area (Å²) in [7, 11) is 1.36. The molecule has 2 heterocycles. The number of nitrogens with one attached hydrogen (secondary N) is 2. The molecule has 0 atom stereocenters. The molecule has 0 bridgehead atoms. The van der Waals surface area contributed by atoms with Crippen molar-refractivity contribution < 1.29 is 23.8 Å². The summed E-state index contributed by atoms with van der Waals surface area (Å²) in [4.78, 5) is 32.5. The summed E-state index contributed by atoms with van der Waals surface area (Å²) in [6.45, 7) is 7.88. The number of fused-ring (bicyclic) bond motifs is 3. The van der Waals surface area contributed by atoms with Gasteiger partial charge in [0.15, 0.2) is 0 Å². The average molecular weight is 483 g/mol. The van der Waals surface area contributed by atoms with E-state index in [0.29, 0.717) is 43.2 Å². The maximum absolute atomic E-state index is 11.9. The van der Waals surface area contributed by atoms with Crippen LogP contribution in [0.15, 0.2) is 36.7 Å². The van der Waals surface area contributed by atoms with Crippen molar-refractivity contribution in [1.29, 1.82) is 0 Å². The molecule has 0 fully saturated rings. The molecule has 0 saturated heterocycles. The Morgan fingerprint density at radius 1 is 0.971 bits per heavy atom. The Balaban J connectivity index is 1.44. The molecule has 9 nitrogen and oxygen atoms in total. The van der Waals surface area contributed by atoms with Gasteiger partial charge in [-0.05, 0) is 58.2 Å². The number of carbonyl (C=O) groups is 2. The fourth-order valence-electron chi connectivity index (χ4n) is 3.58. The summed E-state index contributed by atoms with van der Waals surface area (Å²) in [5.41, 5.74) is 0.659. The van der Waals surface area contributed by atoms with Gasteiger partial charge in [0.25, 0.3) is 0 Å². The first-order chi connectivity index (χ1) is 16.8. The second-order valence-electron chi connectivity index (χ2n) is 9.13. The highest BCUT2D eigenvalue weighted by Gasteiger charge is 2.15. The molecule has 2 aromatic heterocycles. The molecular formula is C26H34N4O5. The highest BCUT2D eigenvalue weighted by Crippen LogP contribution is 2.29. The number of pyridine rings is 2. The fraction of sp³-hybridized carbons (Fsp3) is 0.462. The molecule has 9 heteroatoms. The summed E-state index contributed by atoms with van der Waals surface area (Å²) in [5, 5.41) is 8.93. The first-order valence-electron chi connectivity index (χ1n) is 11.8. The zero-order valence-corrected chi connectivity index (χ0v) is 20.8. The molecule has 0 unspecified atom stereocenters. The number of hydrogen-bond acceptors (Lipinski definition) is 8. The van der Waals surface area contributed by atoms with Crippen LogP contribution in [0.3, 0.4) is 0 Å². The van der Waals surface area contributed by atoms with E-state index in [1.54, 1.807) is 24.5 Å². The summed E-state index contributed by atoms with van der Waals surface area (Å²) in [5.74, 6) is 0.317. The van der Waals surface area contributed by atoms with E-state index in [0.717, 1.165) is 35.4 Å². The molecule has 3 aromatic rings. The number of ether oxygens (including phenoxy) is 3. The molecule has 2 N–H and O–H groups in total. The Labute approximate surface area is 205 Å². The molecule has 0 spiro atoms. The van der Waals surface area contributed by atoms with Gasteiger partial charge >= 0.3 is 12.1 Å². The van der Waals surface area contributed by atoms with Gasteiger partial charge in [-0.25, -0.2) is 14.6 Å². The number of nitrogens with zero attached hydrogens (tertiary/aromatic N) is 2. The molecule has 1 aromatic carbocycles. The van der Waals surface area contributed by atoms with Gasteiger partial charge in [0.2, 0.25) is 0 Å². The number of esters is 1. The number of unbranched alkanes of at least 4 members (excludes halogenated alkanes) is 2. The maximum Gasteiger partial charge on any atom is 0.407 e. The first kappa shape index (κ1) is 26.2. The SMILES string of the molecule is COC(=O)c1ccc2c(c1)nc(NCCOCCCCCNC(=O)OC(C)(C)C)c1ccncc12. The lowest BCUT2D eigenvalue weighted by molar-refractivity contribution is 0.0525. The van der Waals surface area contributed by atoms with Crippen LogP contribution in [0.4, 0.5) is 10.6 Å². The van der Waals surface area contributed by atoms with E-state index in [9.17, 15) is 9.59 Å². The Kier molecular flexibility index (Phi) is 9.19. The number of aromatic nitrogens is 2. The lowest BCUT2D eigenvalue weighted by atomic mass is 10.1. The van der Waals surface area contributed by atoms with Gasteiger partial charge in [-0.15, -0.1) is 0 Å². The second-order valence-corrected chi connectivity index (χ2v) is 9.13. The van der Waals surface area contributed by atoms with Crippen LogP contribution in [0, 0.1) is 0 Å². The number of alkyl carbamates (subject to hydrolysis) is 1. The number of hydrogen-bond donors (Lipinski definition) is 2. The Bertz CT molecular complexity index is 1160. The van der Waals surface area contributed by atoms with Crippen LogP contribution >= 0.6 is 0 Å². The number of methoxy groups -OCH3 is 1. The summed E-state index contributed by atoms with van der Waals surface area (Å²) >= 11 is 0. The monoisotopic (exact) mass is 482 g/mol. The predicted octanol–water partition coefficient (Wildman–Crippen LogP) is 4.69. The van der Waals surface area contributed by atoms with Crippen molar-refractivity contribution in [3.8, 4) is 0 Å². The Morgan fingerprint density at radius 2 is 1.80 bits per heavy atom. The maximum atomic E-state index is 11.9. The number of rotatable bonds is 11. The van der Waals surface area contributed by atoms with Gasteiger partial charge in [0.1, 0.15) is 11.4 Å². The minimum absolute atomic E-state index is 0.382. The lowest BCUT2D eigenvalue weighted by Crippen LogP contribution is -2.33. The van der Waals surface area contributed by atoms with Crippen LogP contribution in [0.25, 0.3) is 21.7 Å². The van der Waals surface area contributed by atoms with E-state index in [4.69, 9.17) is 19.2 Å². The van der Waals surface area contributed by atoms with Crippen molar-refractivity contribution in [2.24, 2.45) is 0 Å². The zero-order valence-electron chi connectivity index (χ0n) is 20.8. The summed E-state index contributed by atoms with van der Waals surface area (Å²) in [6, 6.07) is 7.25.